The van der Waals surface area contributed by atoms with E-state index in [0.717, 1.165) is 12.1 Å². The molecule has 0 fully saturated rings. The summed E-state index contributed by atoms with van der Waals surface area (Å²) < 4.78 is 48.8. The number of ether oxygens (including phenoxy) is 2. The Morgan fingerprint density at radius 3 is 2.69 bits per heavy atom. The zero-order chi connectivity index (χ0) is 21.4. The van der Waals surface area contributed by atoms with E-state index in [0.29, 0.717) is 18.0 Å². The lowest BCUT2D eigenvalue weighted by atomic mass is 10.1. The van der Waals surface area contributed by atoms with Crippen molar-refractivity contribution in [3.8, 4) is 0 Å². The number of rotatable bonds is 9. The minimum atomic E-state index is -4.54. The van der Waals surface area contributed by atoms with E-state index in [9.17, 15) is 22.8 Å². The van der Waals surface area contributed by atoms with Gasteiger partial charge in [-0.3, -0.25) is 4.79 Å². The van der Waals surface area contributed by atoms with Gasteiger partial charge in [0.05, 0.1) is 18.7 Å². The van der Waals surface area contributed by atoms with Crippen LogP contribution in [0.3, 0.4) is 0 Å². The van der Waals surface area contributed by atoms with Gasteiger partial charge in [-0.25, -0.2) is 9.78 Å². The fourth-order valence-corrected chi connectivity index (χ4v) is 3.29. The van der Waals surface area contributed by atoms with Crippen LogP contribution in [0, 0.1) is 0 Å². The summed E-state index contributed by atoms with van der Waals surface area (Å²) in [5.74, 6) is -1.12. The highest BCUT2D eigenvalue weighted by molar-refractivity contribution is 7.09. The molecular formula is C19H21F3N2O4S. The fraction of sp³-hybridized carbons (Fsp3) is 0.421. The molecule has 2 aromatic rings. The van der Waals surface area contributed by atoms with Crippen LogP contribution in [0.15, 0.2) is 29.6 Å². The standard InChI is InChI=1S/C19H21F3N2O4S/c1-3-28-18(26)15-12-29-16(23-15)11-24(8-5-9-27-2)17(25)13-6-4-7-14(10-13)19(20,21)22/h4,6-7,10,12H,3,5,8-9,11H2,1-2H3. The van der Waals surface area contributed by atoms with E-state index in [1.807, 2.05) is 0 Å². The van der Waals surface area contributed by atoms with Crippen LogP contribution < -0.4 is 0 Å². The van der Waals surface area contributed by atoms with Crippen LogP contribution in [0.1, 0.15) is 44.8 Å². The Labute approximate surface area is 170 Å². The van der Waals surface area contributed by atoms with Gasteiger partial charge in [-0.15, -0.1) is 11.3 Å². The van der Waals surface area contributed by atoms with Crippen molar-refractivity contribution in [3.63, 3.8) is 0 Å². The van der Waals surface area contributed by atoms with E-state index in [1.165, 1.54) is 40.9 Å². The van der Waals surface area contributed by atoms with Crippen molar-refractivity contribution in [1.82, 2.24) is 9.88 Å². The predicted molar refractivity (Wildman–Crippen MR) is 101 cm³/mol. The van der Waals surface area contributed by atoms with Crippen LogP contribution in [-0.2, 0) is 22.2 Å². The Bertz CT molecular complexity index is 839. The van der Waals surface area contributed by atoms with Crippen molar-refractivity contribution < 1.29 is 32.2 Å². The summed E-state index contributed by atoms with van der Waals surface area (Å²) in [7, 11) is 1.52. The lowest BCUT2D eigenvalue weighted by Gasteiger charge is -2.22. The van der Waals surface area contributed by atoms with E-state index in [-0.39, 0.29) is 31.0 Å². The fourth-order valence-electron chi connectivity index (χ4n) is 2.51. The highest BCUT2D eigenvalue weighted by Gasteiger charge is 2.31. The summed E-state index contributed by atoms with van der Waals surface area (Å²) in [6.07, 6.45) is -4.04. The van der Waals surface area contributed by atoms with Crippen molar-refractivity contribution in [2.75, 3.05) is 26.9 Å². The molecule has 0 saturated carbocycles. The molecule has 0 bridgehead atoms. The first-order valence-electron chi connectivity index (χ1n) is 8.83. The van der Waals surface area contributed by atoms with E-state index >= 15 is 0 Å². The molecule has 10 heteroatoms. The van der Waals surface area contributed by atoms with E-state index in [4.69, 9.17) is 9.47 Å². The quantitative estimate of drug-likeness (QED) is 0.444. The van der Waals surface area contributed by atoms with Crippen LogP contribution in [-0.4, -0.2) is 48.6 Å². The molecule has 0 radical (unpaired) electrons. The molecule has 1 aromatic carbocycles. The SMILES string of the molecule is CCOC(=O)c1csc(CN(CCCOC)C(=O)c2cccc(C(F)(F)F)c2)n1. The third kappa shape index (κ3) is 6.53. The summed E-state index contributed by atoms with van der Waals surface area (Å²) in [5.41, 5.74) is -0.825. The normalized spacial score (nSPS) is 11.3. The summed E-state index contributed by atoms with van der Waals surface area (Å²) in [5, 5.41) is 2.00. The smallest absolute Gasteiger partial charge is 0.416 e. The zero-order valence-electron chi connectivity index (χ0n) is 16.0. The highest BCUT2D eigenvalue weighted by atomic mass is 32.1. The van der Waals surface area contributed by atoms with Crippen LogP contribution in [0.5, 0.6) is 0 Å². The number of nitrogens with zero attached hydrogens (tertiary/aromatic N) is 2. The van der Waals surface area contributed by atoms with Gasteiger partial charge in [0.2, 0.25) is 0 Å². The van der Waals surface area contributed by atoms with Crippen molar-refractivity contribution in [2.24, 2.45) is 0 Å². The lowest BCUT2D eigenvalue weighted by Crippen LogP contribution is -2.32. The Morgan fingerprint density at radius 1 is 1.28 bits per heavy atom. The molecular weight excluding hydrogens is 409 g/mol. The number of aromatic nitrogens is 1. The largest absolute Gasteiger partial charge is 0.461 e. The van der Waals surface area contributed by atoms with Gasteiger partial charge >= 0.3 is 12.1 Å². The topological polar surface area (TPSA) is 68.7 Å². The molecule has 1 amide bonds. The maximum Gasteiger partial charge on any atom is 0.416 e. The highest BCUT2D eigenvalue weighted by Crippen LogP contribution is 2.30. The molecule has 0 aliphatic heterocycles. The van der Waals surface area contributed by atoms with E-state index in [1.54, 1.807) is 6.92 Å². The van der Waals surface area contributed by atoms with Crippen molar-refractivity contribution in [3.05, 3.63) is 51.5 Å². The molecule has 0 aliphatic carbocycles. The third-order valence-corrected chi connectivity index (χ3v) is 4.70. The number of carbonyl (C=O) groups excluding carboxylic acids is 2. The summed E-state index contributed by atoms with van der Waals surface area (Å²) in [6, 6.07) is 4.29. The number of esters is 1. The zero-order valence-corrected chi connectivity index (χ0v) is 16.8. The Balaban J connectivity index is 2.21. The number of benzene rings is 1. The van der Waals surface area contributed by atoms with Crippen LogP contribution in [0.25, 0.3) is 0 Å². The summed E-state index contributed by atoms with van der Waals surface area (Å²) in [4.78, 5) is 30.2. The molecule has 0 atom stereocenters. The maximum absolute atomic E-state index is 13.0. The number of carbonyl (C=O) groups is 2. The van der Waals surface area contributed by atoms with Crippen molar-refractivity contribution in [1.29, 1.82) is 0 Å². The first-order chi connectivity index (χ1) is 13.8. The van der Waals surface area contributed by atoms with Gasteiger partial charge in [0.1, 0.15) is 5.01 Å². The van der Waals surface area contributed by atoms with Crippen LogP contribution in [0.4, 0.5) is 13.2 Å². The molecule has 0 aliphatic rings. The van der Waals surface area contributed by atoms with Gasteiger partial charge in [0.15, 0.2) is 5.69 Å². The Kier molecular flexibility index (Phi) is 8.15. The molecule has 0 unspecified atom stereocenters. The molecule has 1 aromatic heterocycles. The van der Waals surface area contributed by atoms with Crippen LogP contribution >= 0.6 is 11.3 Å². The van der Waals surface area contributed by atoms with Gasteiger partial charge in [-0.1, -0.05) is 6.07 Å². The summed E-state index contributed by atoms with van der Waals surface area (Å²) in [6.45, 7) is 2.59. The third-order valence-electron chi connectivity index (χ3n) is 3.86. The number of alkyl halides is 3. The minimum absolute atomic E-state index is 0.0584. The van der Waals surface area contributed by atoms with Crippen LogP contribution in [0.2, 0.25) is 0 Å². The maximum atomic E-state index is 13.0. The second-order valence-electron chi connectivity index (χ2n) is 6.00. The van der Waals surface area contributed by atoms with Crippen molar-refractivity contribution in [2.45, 2.75) is 26.1 Å². The molecule has 29 heavy (non-hydrogen) atoms. The van der Waals surface area contributed by atoms with Gasteiger partial charge < -0.3 is 14.4 Å². The lowest BCUT2D eigenvalue weighted by molar-refractivity contribution is -0.137. The van der Waals surface area contributed by atoms with E-state index < -0.39 is 23.6 Å². The van der Waals surface area contributed by atoms with Gasteiger partial charge in [-0.05, 0) is 31.5 Å². The average molecular weight is 430 g/mol. The van der Waals surface area contributed by atoms with Gasteiger partial charge in [0.25, 0.3) is 5.91 Å². The van der Waals surface area contributed by atoms with E-state index in [2.05, 4.69) is 4.98 Å². The minimum Gasteiger partial charge on any atom is -0.461 e. The second kappa shape index (κ2) is 10.4. The number of hydrogen-bond donors (Lipinski definition) is 0. The average Bonchev–Trinajstić information content (AvgIpc) is 3.15. The number of amides is 1. The number of halogens is 3. The first-order valence-corrected chi connectivity index (χ1v) is 9.71. The predicted octanol–water partition coefficient (Wildman–Crippen LogP) is 4.02. The Morgan fingerprint density at radius 2 is 2.03 bits per heavy atom. The summed E-state index contributed by atoms with van der Waals surface area (Å²) >= 11 is 1.17. The molecule has 2 rings (SSSR count). The molecule has 158 valence electrons. The molecule has 1 heterocycles. The van der Waals surface area contributed by atoms with Gasteiger partial charge in [-0.2, -0.15) is 13.2 Å². The molecule has 0 N–H and O–H groups in total. The Hall–Kier alpha value is -2.46. The number of thiazole rings is 1. The second-order valence-corrected chi connectivity index (χ2v) is 6.94. The number of hydrogen-bond acceptors (Lipinski definition) is 6. The number of methoxy groups -OCH3 is 1. The monoisotopic (exact) mass is 430 g/mol. The molecule has 6 nitrogen and oxygen atoms in total. The first kappa shape index (κ1) is 22.8. The van der Waals surface area contributed by atoms with Gasteiger partial charge in [0, 0.05) is 31.2 Å². The molecule has 0 spiro atoms. The molecule has 0 saturated heterocycles. The van der Waals surface area contributed by atoms with Crippen molar-refractivity contribution >= 4 is 23.2 Å².